The molecule has 3 aromatic rings. The van der Waals surface area contributed by atoms with Gasteiger partial charge in [-0.3, -0.25) is 9.59 Å². The molecule has 1 aromatic carbocycles. The smallest absolute Gasteiger partial charge is 0.251 e. The molecule has 2 amide bonds. The summed E-state index contributed by atoms with van der Waals surface area (Å²) in [6.45, 7) is 3.44. The van der Waals surface area contributed by atoms with Crippen molar-refractivity contribution in [3.8, 4) is 11.3 Å². The Morgan fingerprint density at radius 3 is 2.78 bits per heavy atom. The van der Waals surface area contributed by atoms with E-state index in [-0.39, 0.29) is 23.9 Å². The Labute approximate surface area is 220 Å². The standard InChI is InChI=1S/C28H29ClN6O2/c1-2-25(36)32-18-12-10-17(11-13-18)27(37)33-19-6-5-7-20(14-19)34-28-31-16-23(29)26(35-28)22-15-30-24-9-4-3-8-21(22)24/h2-3,8,10-13,15-16,19-20,30H,1,4-7,9,14H2,(H,32,36)(H,33,37)(H,31,34,35)/t19-,20+/m0/s1. The lowest BCUT2D eigenvalue weighted by Crippen LogP contribution is -2.42. The summed E-state index contributed by atoms with van der Waals surface area (Å²) in [5, 5.41) is 9.79. The van der Waals surface area contributed by atoms with Gasteiger partial charge in [0.05, 0.1) is 16.9 Å². The third kappa shape index (κ3) is 5.75. The lowest BCUT2D eigenvalue weighted by molar-refractivity contribution is -0.111. The first kappa shape index (κ1) is 24.8. The van der Waals surface area contributed by atoms with Crippen LogP contribution in [-0.4, -0.2) is 38.8 Å². The van der Waals surface area contributed by atoms with E-state index in [0.29, 0.717) is 27.9 Å². The van der Waals surface area contributed by atoms with Gasteiger partial charge in [0.2, 0.25) is 11.9 Å². The first-order chi connectivity index (χ1) is 18.0. The largest absolute Gasteiger partial charge is 0.364 e. The molecule has 1 fully saturated rings. The molecule has 2 aliphatic carbocycles. The van der Waals surface area contributed by atoms with Gasteiger partial charge in [-0.05, 0) is 68.9 Å². The summed E-state index contributed by atoms with van der Waals surface area (Å²) in [5.41, 5.74) is 5.17. The van der Waals surface area contributed by atoms with Crippen molar-refractivity contribution in [2.45, 2.75) is 50.6 Å². The van der Waals surface area contributed by atoms with Crippen molar-refractivity contribution in [2.75, 3.05) is 10.6 Å². The summed E-state index contributed by atoms with van der Waals surface area (Å²) in [7, 11) is 0. The number of aryl methyl sites for hydroxylation is 1. The summed E-state index contributed by atoms with van der Waals surface area (Å²) >= 11 is 6.49. The van der Waals surface area contributed by atoms with E-state index >= 15 is 0 Å². The predicted octanol–water partition coefficient (Wildman–Crippen LogP) is 5.36. The van der Waals surface area contributed by atoms with Crippen LogP contribution in [0.2, 0.25) is 5.02 Å². The van der Waals surface area contributed by atoms with Crippen LogP contribution < -0.4 is 16.0 Å². The number of halogens is 1. The third-order valence-corrected chi connectivity index (χ3v) is 7.07. The van der Waals surface area contributed by atoms with Gasteiger partial charge in [-0.1, -0.05) is 30.3 Å². The van der Waals surface area contributed by atoms with Crippen LogP contribution in [0, 0.1) is 0 Å². The van der Waals surface area contributed by atoms with Gasteiger partial charge in [0.15, 0.2) is 0 Å². The molecule has 0 bridgehead atoms. The Morgan fingerprint density at radius 1 is 1.16 bits per heavy atom. The van der Waals surface area contributed by atoms with Gasteiger partial charge in [-0.15, -0.1) is 0 Å². The number of amides is 2. The summed E-state index contributed by atoms with van der Waals surface area (Å²) in [6, 6.07) is 6.97. The van der Waals surface area contributed by atoms with Crippen LogP contribution in [0.3, 0.4) is 0 Å². The van der Waals surface area contributed by atoms with Crippen LogP contribution in [-0.2, 0) is 11.2 Å². The normalized spacial score (nSPS) is 18.5. The molecule has 2 aromatic heterocycles. The minimum absolute atomic E-state index is 0.0347. The molecule has 2 heterocycles. The summed E-state index contributed by atoms with van der Waals surface area (Å²) in [4.78, 5) is 36.8. The number of carbonyl (C=O) groups excluding carboxylic acids is 2. The van der Waals surface area contributed by atoms with Crippen molar-refractivity contribution in [1.82, 2.24) is 20.3 Å². The average molecular weight is 517 g/mol. The quantitative estimate of drug-likeness (QED) is 0.316. The highest BCUT2D eigenvalue weighted by atomic mass is 35.5. The Morgan fingerprint density at radius 2 is 1.97 bits per heavy atom. The maximum Gasteiger partial charge on any atom is 0.251 e. The number of nitrogens with zero attached hydrogens (tertiary/aromatic N) is 2. The van der Waals surface area contributed by atoms with Gasteiger partial charge in [-0.25, -0.2) is 9.97 Å². The van der Waals surface area contributed by atoms with Crippen molar-refractivity contribution in [2.24, 2.45) is 0 Å². The van der Waals surface area contributed by atoms with E-state index in [0.717, 1.165) is 49.7 Å². The molecular formula is C28H29ClN6O2. The molecule has 190 valence electrons. The van der Waals surface area contributed by atoms with Gasteiger partial charge in [0, 0.05) is 46.4 Å². The minimum atomic E-state index is -0.293. The van der Waals surface area contributed by atoms with Gasteiger partial charge >= 0.3 is 0 Å². The van der Waals surface area contributed by atoms with E-state index in [4.69, 9.17) is 16.6 Å². The van der Waals surface area contributed by atoms with E-state index in [2.05, 4.69) is 44.6 Å². The number of fused-ring (bicyclic) bond motifs is 1. The molecule has 0 radical (unpaired) electrons. The monoisotopic (exact) mass is 516 g/mol. The zero-order chi connectivity index (χ0) is 25.8. The molecular weight excluding hydrogens is 488 g/mol. The minimum Gasteiger partial charge on any atom is -0.364 e. The first-order valence-corrected chi connectivity index (χ1v) is 12.9. The van der Waals surface area contributed by atoms with Crippen molar-refractivity contribution in [3.63, 3.8) is 0 Å². The number of hydrogen-bond acceptors (Lipinski definition) is 5. The number of H-pyrrole nitrogens is 1. The molecule has 0 spiro atoms. The lowest BCUT2D eigenvalue weighted by Gasteiger charge is -2.30. The van der Waals surface area contributed by atoms with Crippen molar-refractivity contribution >= 4 is 41.1 Å². The van der Waals surface area contributed by atoms with Crippen LogP contribution in [0.15, 0.2) is 55.4 Å². The van der Waals surface area contributed by atoms with Gasteiger partial charge < -0.3 is 20.9 Å². The summed E-state index contributed by atoms with van der Waals surface area (Å²) in [5.74, 6) is 0.102. The second kappa shape index (κ2) is 11.0. The maximum atomic E-state index is 12.8. The Bertz CT molecular complexity index is 1350. The molecule has 37 heavy (non-hydrogen) atoms. The number of allylic oxidation sites excluding steroid dienone is 1. The van der Waals surface area contributed by atoms with Crippen LogP contribution in [0.1, 0.15) is 53.7 Å². The number of benzene rings is 1. The highest BCUT2D eigenvalue weighted by molar-refractivity contribution is 6.33. The molecule has 2 atom stereocenters. The SMILES string of the molecule is C=CC(=O)Nc1ccc(C(=O)N[C@H]2CCC[C@@H](Nc3ncc(Cl)c(-c4c[nH]c5c4C=CCC5)n3)C2)cc1. The van der Waals surface area contributed by atoms with Crippen LogP contribution in [0.25, 0.3) is 17.3 Å². The summed E-state index contributed by atoms with van der Waals surface area (Å²) in [6.07, 6.45) is 14.7. The average Bonchev–Trinajstić information content (AvgIpc) is 3.34. The molecule has 9 heteroatoms. The molecule has 4 N–H and O–H groups in total. The zero-order valence-corrected chi connectivity index (χ0v) is 21.1. The number of carbonyl (C=O) groups is 2. The molecule has 5 rings (SSSR count). The lowest BCUT2D eigenvalue weighted by atomic mass is 9.91. The Hall–Kier alpha value is -3.91. The second-order valence-electron chi connectivity index (χ2n) is 9.37. The van der Waals surface area contributed by atoms with Gasteiger partial charge in [-0.2, -0.15) is 0 Å². The van der Waals surface area contributed by atoms with E-state index in [9.17, 15) is 9.59 Å². The van der Waals surface area contributed by atoms with Crippen LogP contribution in [0.4, 0.5) is 11.6 Å². The number of anilines is 2. The number of aromatic amines is 1. The van der Waals surface area contributed by atoms with Crippen molar-refractivity contribution < 1.29 is 9.59 Å². The highest BCUT2D eigenvalue weighted by Crippen LogP contribution is 2.34. The molecule has 8 nitrogen and oxygen atoms in total. The fourth-order valence-corrected chi connectivity index (χ4v) is 5.12. The zero-order valence-electron chi connectivity index (χ0n) is 20.4. The summed E-state index contributed by atoms with van der Waals surface area (Å²) < 4.78 is 0. The number of aromatic nitrogens is 3. The number of hydrogen-bond donors (Lipinski definition) is 4. The second-order valence-corrected chi connectivity index (χ2v) is 9.78. The fraction of sp³-hybridized carbons (Fsp3) is 0.286. The molecule has 1 saturated carbocycles. The van der Waals surface area contributed by atoms with E-state index < -0.39 is 0 Å². The fourth-order valence-electron chi connectivity index (χ4n) is 4.93. The Balaban J connectivity index is 1.22. The topological polar surface area (TPSA) is 112 Å². The Kier molecular flexibility index (Phi) is 7.37. The highest BCUT2D eigenvalue weighted by Gasteiger charge is 2.25. The van der Waals surface area contributed by atoms with E-state index in [1.807, 2.05) is 6.20 Å². The van der Waals surface area contributed by atoms with E-state index in [1.165, 1.54) is 11.8 Å². The van der Waals surface area contributed by atoms with Crippen molar-refractivity contribution in [3.05, 3.63) is 77.2 Å². The predicted molar refractivity (Wildman–Crippen MR) is 147 cm³/mol. The van der Waals surface area contributed by atoms with Crippen LogP contribution >= 0.6 is 11.6 Å². The van der Waals surface area contributed by atoms with E-state index in [1.54, 1.807) is 30.5 Å². The van der Waals surface area contributed by atoms with Gasteiger partial charge in [0.25, 0.3) is 5.91 Å². The molecule has 2 aliphatic rings. The number of rotatable bonds is 7. The first-order valence-electron chi connectivity index (χ1n) is 12.5. The molecule has 0 saturated heterocycles. The van der Waals surface area contributed by atoms with Crippen molar-refractivity contribution in [1.29, 1.82) is 0 Å². The molecule has 0 unspecified atom stereocenters. The van der Waals surface area contributed by atoms with Crippen LogP contribution in [0.5, 0.6) is 0 Å². The van der Waals surface area contributed by atoms with Gasteiger partial charge in [0.1, 0.15) is 0 Å². The third-order valence-electron chi connectivity index (χ3n) is 6.79. The maximum absolute atomic E-state index is 12.8. The molecule has 0 aliphatic heterocycles. The number of nitrogens with one attached hydrogen (secondary N) is 4.